The molecule has 0 saturated carbocycles. The molecule has 0 aliphatic rings. The molecule has 0 saturated heterocycles. The third kappa shape index (κ3) is 5.31. The van der Waals surface area contributed by atoms with Crippen molar-refractivity contribution in [3.8, 4) is 0 Å². The highest BCUT2D eigenvalue weighted by Crippen LogP contribution is 2.21. The summed E-state index contributed by atoms with van der Waals surface area (Å²) in [7, 11) is 0. The molecule has 1 aromatic heterocycles. The average Bonchev–Trinajstić information content (AvgIpc) is 2.98. The number of carbonyl (C=O) groups is 1. The molecular weight excluding hydrogens is 316 g/mol. The van der Waals surface area contributed by atoms with Crippen LogP contribution in [0.5, 0.6) is 0 Å². The molecule has 25 heavy (non-hydrogen) atoms. The van der Waals surface area contributed by atoms with Gasteiger partial charge in [-0.05, 0) is 50.8 Å². The number of hydrogen-bond donors (Lipinski definition) is 2. The molecule has 2 N–H and O–H groups in total. The fourth-order valence-corrected chi connectivity index (χ4v) is 2.43. The van der Waals surface area contributed by atoms with Gasteiger partial charge in [0.15, 0.2) is 5.82 Å². The Labute approximate surface area is 149 Å². The fraction of sp³-hybridized carbons (Fsp3) is 0.526. The van der Waals surface area contributed by atoms with Crippen LogP contribution in [0.4, 0.5) is 5.69 Å². The average molecular weight is 344 g/mol. The molecule has 1 aromatic carbocycles. The lowest BCUT2D eigenvalue weighted by Gasteiger charge is -2.21. The number of aryl methyl sites for hydroxylation is 2. The molecule has 0 spiro atoms. The fourth-order valence-electron chi connectivity index (χ4n) is 2.43. The molecule has 0 aliphatic heterocycles. The topological polar surface area (TPSA) is 80.0 Å². The van der Waals surface area contributed by atoms with Gasteiger partial charge < -0.3 is 15.2 Å². The van der Waals surface area contributed by atoms with E-state index in [9.17, 15) is 4.79 Å². The molecule has 6 heteroatoms. The van der Waals surface area contributed by atoms with Crippen LogP contribution in [0.15, 0.2) is 22.7 Å². The predicted octanol–water partition coefficient (Wildman–Crippen LogP) is 3.51. The summed E-state index contributed by atoms with van der Waals surface area (Å²) < 4.78 is 5.06. The summed E-state index contributed by atoms with van der Waals surface area (Å²) in [6.45, 7) is 10.8. The number of amides is 1. The van der Waals surface area contributed by atoms with Gasteiger partial charge >= 0.3 is 0 Å². The zero-order valence-electron chi connectivity index (χ0n) is 15.7. The van der Waals surface area contributed by atoms with Crippen molar-refractivity contribution in [3.05, 3.63) is 41.0 Å². The summed E-state index contributed by atoms with van der Waals surface area (Å²) in [5, 5.41) is 10.2. The number of benzene rings is 1. The first-order valence-corrected chi connectivity index (χ1v) is 8.82. The second-order valence-electron chi connectivity index (χ2n) is 6.75. The number of hydrogen-bond acceptors (Lipinski definition) is 5. The standard InChI is InChI=1S/C19H28N4O2/c1-12(2)14(4)21-17-9-6-8-16(13(17)3)19(24)20-11-7-10-18-22-15(5)23-25-18/h6,8-9,12,14,21H,7,10-11H2,1-5H3,(H,20,24)/t14-/m1/s1. The summed E-state index contributed by atoms with van der Waals surface area (Å²) in [5.74, 6) is 1.71. The van der Waals surface area contributed by atoms with Crippen molar-refractivity contribution < 1.29 is 9.32 Å². The highest BCUT2D eigenvalue weighted by atomic mass is 16.5. The minimum atomic E-state index is -0.0555. The first-order chi connectivity index (χ1) is 11.9. The van der Waals surface area contributed by atoms with E-state index < -0.39 is 0 Å². The lowest BCUT2D eigenvalue weighted by atomic mass is 10.0. The van der Waals surface area contributed by atoms with Crippen LogP contribution in [0.1, 0.15) is 54.8 Å². The number of anilines is 1. The van der Waals surface area contributed by atoms with Crippen LogP contribution in [-0.4, -0.2) is 28.6 Å². The molecule has 0 bridgehead atoms. The van der Waals surface area contributed by atoms with Gasteiger partial charge in [0.2, 0.25) is 5.89 Å². The van der Waals surface area contributed by atoms with Crippen LogP contribution in [0.25, 0.3) is 0 Å². The van der Waals surface area contributed by atoms with E-state index in [1.165, 1.54) is 0 Å². The van der Waals surface area contributed by atoms with Gasteiger partial charge in [-0.1, -0.05) is 25.1 Å². The van der Waals surface area contributed by atoms with Crippen LogP contribution in [-0.2, 0) is 6.42 Å². The molecule has 2 rings (SSSR count). The van der Waals surface area contributed by atoms with Crippen LogP contribution >= 0.6 is 0 Å². The molecular formula is C19H28N4O2. The molecule has 1 atom stereocenters. The lowest BCUT2D eigenvalue weighted by Crippen LogP contribution is -2.26. The number of nitrogens with one attached hydrogen (secondary N) is 2. The maximum atomic E-state index is 12.5. The Morgan fingerprint density at radius 1 is 1.24 bits per heavy atom. The van der Waals surface area contributed by atoms with Gasteiger partial charge in [0.05, 0.1) is 0 Å². The lowest BCUT2D eigenvalue weighted by molar-refractivity contribution is 0.0952. The second kappa shape index (κ2) is 8.65. The Morgan fingerprint density at radius 2 is 2.00 bits per heavy atom. The van der Waals surface area contributed by atoms with Gasteiger partial charge in [-0.15, -0.1) is 0 Å². The van der Waals surface area contributed by atoms with Gasteiger partial charge in [-0.3, -0.25) is 4.79 Å². The third-order valence-corrected chi connectivity index (χ3v) is 4.38. The number of rotatable bonds is 8. The second-order valence-corrected chi connectivity index (χ2v) is 6.75. The van der Waals surface area contributed by atoms with Crippen LogP contribution in [0.3, 0.4) is 0 Å². The molecule has 0 radical (unpaired) electrons. The van der Waals surface area contributed by atoms with Gasteiger partial charge in [-0.25, -0.2) is 0 Å². The minimum Gasteiger partial charge on any atom is -0.382 e. The van der Waals surface area contributed by atoms with Crippen molar-refractivity contribution >= 4 is 11.6 Å². The minimum absolute atomic E-state index is 0.0555. The van der Waals surface area contributed by atoms with E-state index in [-0.39, 0.29) is 5.91 Å². The monoisotopic (exact) mass is 344 g/mol. The van der Waals surface area contributed by atoms with E-state index in [4.69, 9.17) is 4.52 Å². The number of carbonyl (C=O) groups excluding carboxylic acids is 1. The van der Waals surface area contributed by atoms with Crippen LogP contribution in [0.2, 0.25) is 0 Å². The molecule has 0 unspecified atom stereocenters. The van der Waals surface area contributed by atoms with Gasteiger partial charge in [0.1, 0.15) is 0 Å². The SMILES string of the molecule is Cc1noc(CCCNC(=O)c2cccc(N[C@H](C)C(C)C)c2C)n1. The summed E-state index contributed by atoms with van der Waals surface area (Å²) in [6, 6.07) is 6.13. The molecule has 6 nitrogen and oxygen atoms in total. The Bertz CT molecular complexity index is 709. The Kier molecular flexibility index (Phi) is 6.56. The summed E-state index contributed by atoms with van der Waals surface area (Å²) in [5.41, 5.74) is 2.69. The molecule has 0 fully saturated rings. The van der Waals surface area contributed by atoms with Crippen LogP contribution < -0.4 is 10.6 Å². The first kappa shape index (κ1) is 19.0. The Balaban J connectivity index is 1.90. The molecule has 1 heterocycles. The van der Waals surface area contributed by atoms with Crippen molar-refractivity contribution in [2.75, 3.05) is 11.9 Å². The quantitative estimate of drug-likeness (QED) is 0.716. The first-order valence-electron chi connectivity index (χ1n) is 8.82. The van der Waals surface area contributed by atoms with E-state index in [0.717, 1.165) is 17.7 Å². The Morgan fingerprint density at radius 3 is 2.64 bits per heavy atom. The maximum absolute atomic E-state index is 12.5. The van der Waals surface area contributed by atoms with Gasteiger partial charge in [0, 0.05) is 30.3 Å². The number of aromatic nitrogens is 2. The van der Waals surface area contributed by atoms with Crippen molar-refractivity contribution in [2.45, 2.75) is 53.5 Å². The number of nitrogens with zero attached hydrogens (tertiary/aromatic N) is 2. The largest absolute Gasteiger partial charge is 0.382 e. The molecule has 0 aliphatic carbocycles. The van der Waals surface area contributed by atoms with E-state index in [0.29, 0.717) is 42.2 Å². The van der Waals surface area contributed by atoms with E-state index in [1.54, 1.807) is 6.92 Å². The third-order valence-electron chi connectivity index (χ3n) is 4.38. The molecule has 136 valence electrons. The highest BCUT2D eigenvalue weighted by molar-refractivity contribution is 5.97. The van der Waals surface area contributed by atoms with Gasteiger partial charge in [-0.2, -0.15) is 4.98 Å². The smallest absolute Gasteiger partial charge is 0.251 e. The van der Waals surface area contributed by atoms with E-state index in [2.05, 4.69) is 41.5 Å². The molecule has 1 amide bonds. The molecule has 2 aromatic rings. The van der Waals surface area contributed by atoms with Gasteiger partial charge in [0.25, 0.3) is 5.91 Å². The van der Waals surface area contributed by atoms with Crippen molar-refractivity contribution in [2.24, 2.45) is 5.92 Å². The van der Waals surface area contributed by atoms with Crippen molar-refractivity contribution in [1.29, 1.82) is 0 Å². The summed E-state index contributed by atoms with van der Waals surface area (Å²) >= 11 is 0. The summed E-state index contributed by atoms with van der Waals surface area (Å²) in [6.07, 6.45) is 1.42. The van der Waals surface area contributed by atoms with Crippen molar-refractivity contribution in [3.63, 3.8) is 0 Å². The zero-order valence-corrected chi connectivity index (χ0v) is 15.7. The normalized spacial score (nSPS) is 12.2. The highest BCUT2D eigenvalue weighted by Gasteiger charge is 2.14. The van der Waals surface area contributed by atoms with E-state index >= 15 is 0 Å². The predicted molar refractivity (Wildman–Crippen MR) is 98.8 cm³/mol. The maximum Gasteiger partial charge on any atom is 0.251 e. The summed E-state index contributed by atoms with van der Waals surface area (Å²) in [4.78, 5) is 16.6. The van der Waals surface area contributed by atoms with Crippen molar-refractivity contribution in [1.82, 2.24) is 15.5 Å². The zero-order chi connectivity index (χ0) is 18.4. The Hall–Kier alpha value is -2.37. The van der Waals surface area contributed by atoms with E-state index in [1.807, 2.05) is 25.1 Å². The van der Waals surface area contributed by atoms with Crippen LogP contribution in [0, 0.1) is 19.8 Å².